The van der Waals surface area contributed by atoms with E-state index in [4.69, 9.17) is 5.73 Å². The lowest BCUT2D eigenvalue weighted by Gasteiger charge is -2.20. The molecule has 0 aliphatic carbocycles. The Balaban J connectivity index is 2.25. The maximum absolute atomic E-state index is 13.5. The van der Waals surface area contributed by atoms with Crippen LogP contribution >= 0.6 is 0 Å². The standard InChI is InChI=1S/C17H22FN3/c1-3-7-21-17(10-14-11-20-8-6-16(14)19)13-4-5-15(18)12(2)9-13/h4-6,8-9,11,17,21H,3,7,10H2,1-2H3,(H2,19,20). The Morgan fingerprint density at radius 3 is 2.81 bits per heavy atom. The molecule has 0 aliphatic heterocycles. The van der Waals surface area contributed by atoms with Crippen molar-refractivity contribution in [3.05, 3.63) is 59.2 Å². The summed E-state index contributed by atoms with van der Waals surface area (Å²) in [4.78, 5) is 4.14. The van der Waals surface area contributed by atoms with Crippen molar-refractivity contribution in [2.45, 2.75) is 32.7 Å². The Morgan fingerprint density at radius 2 is 2.14 bits per heavy atom. The summed E-state index contributed by atoms with van der Waals surface area (Å²) in [5, 5.41) is 3.50. The van der Waals surface area contributed by atoms with Crippen molar-refractivity contribution in [1.29, 1.82) is 0 Å². The highest BCUT2D eigenvalue weighted by Gasteiger charge is 2.14. The van der Waals surface area contributed by atoms with E-state index in [9.17, 15) is 4.39 Å². The first kappa shape index (κ1) is 15.4. The highest BCUT2D eigenvalue weighted by Crippen LogP contribution is 2.23. The summed E-state index contributed by atoms with van der Waals surface area (Å²) in [6.45, 7) is 4.81. The maximum Gasteiger partial charge on any atom is 0.126 e. The van der Waals surface area contributed by atoms with Crippen LogP contribution in [0.25, 0.3) is 0 Å². The van der Waals surface area contributed by atoms with Gasteiger partial charge in [-0.1, -0.05) is 19.1 Å². The minimum atomic E-state index is -0.172. The number of aryl methyl sites for hydroxylation is 1. The number of halogens is 1. The number of nitrogen functional groups attached to an aromatic ring is 1. The molecular formula is C17H22FN3. The number of hydrogen-bond acceptors (Lipinski definition) is 3. The third-order valence-electron chi connectivity index (χ3n) is 3.59. The number of pyridine rings is 1. The van der Waals surface area contributed by atoms with Gasteiger partial charge >= 0.3 is 0 Å². The second kappa shape index (κ2) is 7.18. The third kappa shape index (κ3) is 4.02. The molecule has 1 unspecified atom stereocenters. The molecule has 0 aliphatic rings. The van der Waals surface area contributed by atoms with Crippen LogP contribution in [0.3, 0.4) is 0 Å². The monoisotopic (exact) mass is 287 g/mol. The lowest BCUT2D eigenvalue weighted by atomic mass is 9.97. The van der Waals surface area contributed by atoms with Crippen molar-refractivity contribution in [1.82, 2.24) is 10.3 Å². The molecule has 0 spiro atoms. The number of nitrogens with zero attached hydrogens (tertiary/aromatic N) is 1. The number of hydrogen-bond donors (Lipinski definition) is 2. The fourth-order valence-corrected chi connectivity index (χ4v) is 2.34. The van der Waals surface area contributed by atoms with Gasteiger partial charge in [0, 0.05) is 24.1 Å². The van der Waals surface area contributed by atoms with E-state index in [1.165, 1.54) is 6.07 Å². The number of anilines is 1. The van der Waals surface area contributed by atoms with E-state index in [0.29, 0.717) is 5.56 Å². The van der Waals surface area contributed by atoms with E-state index in [1.54, 1.807) is 19.3 Å². The molecule has 2 aromatic rings. The molecule has 3 N–H and O–H groups in total. The zero-order valence-corrected chi connectivity index (χ0v) is 12.6. The molecule has 0 fully saturated rings. The molecule has 112 valence electrons. The van der Waals surface area contributed by atoms with Gasteiger partial charge in [-0.3, -0.25) is 4.98 Å². The van der Waals surface area contributed by atoms with Crippen LogP contribution in [0.1, 0.15) is 36.1 Å². The van der Waals surface area contributed by atoms with Gasteiger partial charge in [0.1, 0.15) is 5.82 Å². The summed E-state index contributed by atoms with van der Waals surface area (Å²) in [5.74, 6) is -0.172. The van der Waals surface area contributed by atoms with Gasteiger partial charge in [-0.2, -0.15) is 0 Å². The van der Waals surface area contributed by atoms with E-state index in [2.05, 4.69) is 17.2 Å². The van der Waals surface area contributed by atoms with Gasteiger partial charge in [-0.05, 0) is 55.1 Å². The predicted molar refractivity (Wildman–Crippen MR) is 84.5 cm³/mol. The van der Waals surface area contributed by atoms with Crippen LogP contribution in [0.4, 0.5) is 10.1 Å². The topological polar surface area (TPSA) is 50.9 Å². The van der Waals surface area contributed by atoms with Crippen LogP contribution in [-0.4, -0.2) is 11.5 Å². The van der Waals surface area contributed by atoms with Crippen molar-refractivity contribution < 1.29 is 4.39 Å². The fourth-order valence-electron chi connectivity index (χ4n) is 2.34. The Kier molecular flexibility index (Phi) is 5.28. The summed E-state index contributed by atoms with van der Waals surface area (Å²) < 4.78 is 13.5. The molecule has 0 saturated heterocycles. The zero-order valence-electron chi connectivity index (χ0n) is 12.6. The van der Waals surface area contributed by atoms with Gasteiger partial charge in [0.05, 0.1) is 0 Å². The normalized spacial score (nSPS) is 12.3. The van der Waals surface area contributed by atoms with Gasteiger partial charge in [0.15, 0.2) is 0 Å². The largest absolute Gasteiger partial charge is 0.398 e. The van der Waals surface area contributed by atoms with Gasteiger partial charge in [0.2, 0.25) is 0 Å². The fraction of sp³-hybridized carbons (Fsp3) is 0.353. The lowest BCUT2D eigenvalue weighted by Crippen LogP contribution is -2.24. The van der Waals surface area contributed by atoms with Crippen molar-refractivity contribution in [2.75, 3.05) is 12.3 Å². The first-order valence-electron chi connectivity index (χ1n) is 7.29. The van der Waals surface area contributed by atoms with E-state index in [1.807, 2.05) is 18.2 Å². The maximum atomic E-state index is 13.5. The van der Waals surface area contributed by atoms with Gasteiger partial charge in [-0.15, -0.1) is 0 Å². The van der Waals surface area contributed by atoms with Gasteiger partial charge in [0.25, 0.3) is 0 Å². The molecule has 1 aromatic carbocycles. The van der Waals surface area contributed by atoms with Crippen LogP contribution in [-0.2, 0) is 6.42 Å². The Morgan fingerprint density at radius 1 is 1.33 bits per heavy atom. The quantitative estimate of drug-likeness (QED) is 0.856. The van der Waals surface area contributed by atoms with Crippen LogP contribution in [0, 0.1) is 12.7 Å². The molecule has 21 heavy (non-hydrogen) atoms. The summed E-state index contributed by atoms with van der Waals surface area (Å²) in [6, 6.07) is 7.17. The van der Waals surface area contributed by atoms with Crippen LogP contribution in [0.5, 0.6) is 0 Å². The van der Waals surface area contributed by atoms with Crippen molar-refractivity contribution >= 4 is 5.69 Å². The van der Waals surface area contributed by atoms with Crippen molar-refractivity contribution in [3.8, 4) is 0 Å². The van der Waals surface area contributed by atoms with E-state index >= 15 is 0 Å². The zero-order chi connectivity index (χ0) is 15.2. The number of nitrogens with two attached hydrogens (primary N) is 1. The number of benzene rings is 1. The number of aromatic nitrogens is 1. The van der Waals surface area contributed by atoms with Gasteiger partial charge < -0.3 is 11.1 Å². The molecule has 4 heteroatoms. The Hall–Kier alpha value is -1.94. The summed E-state index contributed by atoms with van der Waals surface area (Å²) in [5.41, 5.74) is 9.49. The van der Waals surface area contributed by atoms with Crippen molar-refractivity contribution in [2.24, 2.45) is 0 Å². The first-order valence-corrected chi connectivity index (χ1v) is 7.29. The number of nitrogens with one attached hydrogen (secondary N) is 1. The molecule has 2 rings (SSSR count). The Labute approximate surface area is 125 Å². The lowest BCUT2D eigenvalue weighted by molar-refractivity contribution is 0.527. The van der Waals surface area contributed by atoms with Crippen molar-refractivity contribution in [3.63, 3.8) is 0 Å². The minimum Gasteiger partial charge on any atom is -0.398 e. The minimum absolute atomic E-state index is 0.107. The van der Waals surface area contributed by atoms with Crippen LogP contribution < -0.4 is 11.1 Å². The first-order chi connectivity index (χ1) is 10.1. The highest BCUT2D eigenvalue weighted by molar-refractivity contribution is 5.45. The molecule has 1 atom stereocenters. The molecular weight excluding hydrogens is 265 g/mol. The third-order valence-corrected chi connectivity index (χ3v) is 3.59. The molecule has 1 aromatic heterocycles. The van der Waals surface area contributed by atoms with E-state index in [-0.39, 0.29) is 11.9 Å². The van der Waals surface area contributed by atoms with E-state index < -0.39 is 0 Å². The average molecular weight is 287 g/mol. The molecule has 3 nitrogen and oxygen atoms in total. The van der Waals surface area contributed by atoms with Gasteiger partial charge in [-0.25, -0.2) is 4.39 Å². The SMILES string of the molecule is CCCNC(Cc1cnccc1N)c1ccc(F)c(C)c1. The van der Waals surface area contributed by atoms with E-state index in [0.717, 1.165) is 36.2 Å². The summed E-state index contributed by atoms with van der Waals surface area (Å²) in [7, 11) is 0. The smallest absolute Gasteiger partial charge is 0.126 e. The van der Waals surface area contributed by atoms with Crippen LogP contribution in [0.15, 0.2) is 36.7 Å². The summed E-state index contributed by atoms with van der Waals surface area (Å²) in [6.07, 6.45) is 5.27. The Bertz CT molecular complexity index is 598. The highest BCUT2D eigenvalue weighted by atomic mass is 19.1. The second-order valence-corrected chi connectivity index (χ2v) is 5.29. The number of rotatable bonds is 6. The molecule has 0 radical (unpaired) electrons. The molecule has 1 heterocycles. The predicted octanol–water partition coefficient (Wildman–Crippen LogP) is 3.39. The molecule has 0 amide bonds. The van der Waals surface area contributed by atoms with Crippen LogP contribution in [0.2, 0.25) is 0 Å². The molecule has 0 bridgehead atoms. The average Bonchev–Trinajstić information content (AvgIpc) is 2.48. The summed E-state index contributed by atoms with van der Waals surface area (Å²) >= 11 is 0. The molecule has 0 saturated carbocycles. The second-order valence-electron chi connectivity index (χ2n) is 5.29.